The maximum Gasteiger partial charge on any atom is 0.324 e. The highest BCUT2D eigenvalue weighted by Gasteiger charge is 2.55. The lowest BCUT2D eigenvalue weighted by atomic mass is 10.0. The van der Waals surface area contributed by atoms with Crippen molar-refractivity contribution in [2.75, 3.05) is 0 Å². The van der Waals surface area contributed by atoms with Crippen LogP contribution in [-0.4, -0.2) is 11.8 Å². The molecule has 0 bridgehead atoms. The molecule has 0 aromatic carbocycles. The minimum atomic E-state index is -0.820. The van der Waals surface area contributed by atoms with Gasteiger partial charge in [-0.3, -0.25) is 9.59 Å². The van der Waals surface area contributed by atoms with Gasteiger partial charge in [0.05, 0.1) is 5.76 Å². The molecule has 3 nitrogen and oxygen atoms in total. The summed E-state index contributed by atoms with van der Waals surface area (Å²) in [6, 6.07) is 0. The maximum atomic E-state index is 11.3. The van der Waals surface area contributed by atoms with Crippen LogP contribution >= 0.6 is 0 Å². The third-order valence-corrected chi connectivity index (χ3v) is 2.08. The highest BCUT2D eigenvalue weighted by Crippen LogP contribution is 2.47. The number of Topliss-reactive ketones (excluding diaryl/α,β-unsaturated/α-hetero) is 1. The molecule has 0 unspecified atom stereocenters. The molecule has 12 heavy (non-hydrogen) atoms. The first-order valence-corrected chi connectivity index (χ1v) is 3.88. The quantitative estimate of drug-likeness (QED) is 0.364. The Morgan fingerprint density at radius 3 is 2.08 bits per heavy atom. The van der Waals surface area contributed by atoms with Crippen molar-refractivity contribution in [1.82, 2.24) is 0 Å². The van der Waals surface area contributed by atoms with Crippen LogP contribution in [0.25, 0.3) is 0 Å². The molecule has 1 saturated carbocycles. The molecule has 1 fully saturated rings. The van der Waals surface area contributed by atoms with Gasteiger partial charge in [-0.25, -0.2) is 0 Å². The minimum Gasteiger partial charge on any atom is -0.431 e. The first-order valence-electron chi connectivity index (χ1n) is 3.88. The summed E-state index contributed by atoms with van der Waals surface area (Å²) >= 11 is 0. The van der Waals surface area contributed by atoms with Crippen molar-refractivity contribution in [3.63, 3.8) is 0 Å². The van der Waals surface area contributed by atoms with Gasteiger partial charge in [0.2, 0.25) is 0 Å². The molecule has 0 heterocycles. The van der Waals surface area contributed by atoms with E-state index >= 15 is 0 Å². The number of ketones is 1. The van der Waals surface area contributed by atoms with E-state index in [1.807, 2.05) is 0 Å². The topological polar surface area (TPSA) is 43.4 Å². The normalized spacial score (nSPS) is 18.2. The summed E-state index contributed by atoms with van der Waals surface area (Å²) in [5, 5.41) is 0. The van der Waals surface area contributed by atoms with E-state index in [0.717, 1.165) is 0 Å². The number of hydrogen-bond donors (Lipinski definition) is 0. The van der Waals surface area contributed by atoms with Crippen molar-refractivity contribution in [3.8, 4) is 0 Å². The number of carbonyl (C=O) groups excluding carboxylic acids is 2. The Bertz CT molecular complexity index is 248. The van der Waals surface area contributed by atoms with Gasteiger partial charge >= 0.3 is 5.97 Å². The van der Waals surface area contributed by atoms with E-state index in [1.54, 1.807) is 6.92 Å². The van der Waals surface area contributed by atoms with Gasteiger partial charge in [0.15, 0.2) is 0 Å². The van der Waals surface area contributed by atoms with E-state index < -0.39 is 11.4 Å². The minimum absolute atomic E-state index is 0.103. The molecular formula is C9H12O3. The molecule has 0 N–H and O–H groups in total. The Labute approximate surface area is 71.4 Å². The summed E-state index contributed by atoms with van der Waals surface area (Å²) in [6.07, 6.45) is 1.24. The lowest BCUT2D eigenvalue weighted by Gasteiger charge is -2.09. The molecule has 0 saturated heterocycles. The molecule has 0 radical (unpaired) electrons. The van der Waals surface area contributed by atoms with Gasteiger partial charge in [-0.1, -0.05) is 6.58 Å². The first kappa shape index (κ1) is 8.97. The number of hydrogen-bond acceptors (Lipinski definition) is 3. The second kappa shape index (κ2) is 2.73. The van der Waals surface area contributed by atoms with Gasteiger partial charge in [0.1, 0.15) is 11.2 Å². The summed E-state index contributed by atoms with van der Waals surface area (Å²) in [5.41, 5.74) is -0.820. The Morgan fingerprint density at radius 1 is 1.33 bits per heavy atom. The van der Waals surface area contributed by atoms with E-state index in [2.05, 4.69) is 6.58 Å². The van der Waals surface area contributed by atoms with Gasteiger partial charge in [-0.15, -0.1) is 0 Å². The van der Waals surface area contributed by atoms with Gasteiger partial charge in [0, 0.05) is 0 Å². The Balaban J connectivity index is 2.64. The van der Waals surface area contributed by atoms with Crippen LogP contribution < -0.4 is 0 Å². The van der Waals surface area contributed by atoms with E-state index in [9.17, 15) is 9.59 Å². The van der Waals surface area contributed by atoms with Crippen LogP contribution in [0.1, 0.15) is 26.7 Å². The predicted molar refractivity (Wildman–Crippen MR) is 43.3 cm³/mol. The van der Waals surface area contributed by atoms with Crippen LogP contribution in [0, 0.1) is 5.41 Å². The average molecular weight is 168 g/mol. The third-order valence-electron chi connectivity index (χ3n) is 2.08. The predicted octanol–water partition coefficient (Wildman–Crippen LogP) is 1.43. The van der Waals surface area contributed by atoms with Gasteiger partial charge < -0.3 is 4.74 Å². The van der Waals surface area contributed by atoms with E-state index in [1.165, 1.54) is 6.92 Å². The maximum absolute atomic E-state index is 11.3. The molecule has 0 atom stereocenters. The summed E-state index contributed by atoms with van der Waals surface area (Å²) in [7, 11) is 0. The van der Waals surface area contributed by atoms with Crippen LogP contribution in [0.4, 0.5) is 0 Å². The second-order valence-corrected chi connectivity index (χ2v) is 3.23. The zero-order chi connectivity index (χ0) is 9.35. The van der Waals surface area contributed by atoms with E-state index in [-0.39, 0.29) is 5.78 Å². The highest BCUT2D eigenvalue weighted by molar-refractivity contribution is 6.05. The standard InChI is InChI=1S/C9H12O3/c1-6(2)12-8(11)9(4-5-9)7(3)10/h1,4-5H2,2-3H3. The molecule has 1 rings (SSSR count). The Hall–Kier alpha value is -1.12. The molecule has 0 amide bonds. The number of rotatable bonds is 3. The summed E-state index contributed by atoms with van der Waals surface area (Å²) < 4.78 is 4.78. The van der Waals surface area contributed by atoms with Crippen LogP contribution in [0.2, 0.25) is 0 Å². The van der Waals surface area contributed by atoms with E-state index in [4.69, 9.17) is 4.74 Å². The number of ether oxygens (including phenoxy) is 1. The lowest BCUT2D eigenvalue weighted by Crippen LogP contribution is -2.25. The SMILES string of the molecule is C=C(C)OC(=O)C1(C(C)=O)CC1. The fraction of sp³-hybridized carbons (Fsp3) is 0.556. The average Bonchev–Trinajstić information content (AvgIpc) is 2.63. The van der Waals surface area contributed by atoms with Gasteiger partial charge in [-0.05, 0) is 26.7 Å². The number of allylic oxidation sites excluding steroid dienone is 1. The molecule has 3 heteroatoms. The molecule has 66 valence electrons. The van der Waals surface area contributed by atoms with Crippen molar-refractivity contribution < 1.29 is 14.3 Å². The zero-order valence-corrected chi connectivity index (χ0v) is 7.35. The largest absolute Gasteiger partial charge is 0.431 e. The highest BCUT2D eigenvalue weighted by atomic mass is 16.5. The Morgan fingerprint density at radius 2 is 1.83 bits per heavy atom. The van der Waals surface area contributed by atoms with Gasteiger partial charge in [0.25, 0.3) is 0 Å². The number of carbonyl (C=O) groups is 2. The first-order chi connectivity index (χ1) is 5.49. The Kier molecular flexibility index (Phi) is 2.04. The van der Waals surface area contributed by atoms with Crippen molar-refractivity contribution in [2.24, 2.45) is 5.41 Å². The fourth-order valence-corrected chi connectivity index (χ4v) is 1.08. The van der Waals surface area contributed by atoms with Crippen LogP contribution in [0.5, 0.6) is 0 Å². The van der Waals surface area contributed by atoms with Gasteiger partial charge in [-0.2, -0.15) is 0 Å². The van der Waals surface area contributed by atoms with Crippen molar-refractivity contribution in [1.29, 1.82) is 0 Å². The summed E-state index contributed by atoms with van der Waals surface area (Å²) in [5.74, 6) is -0.205. The number of esters is 1. The summed E-state index contributed by atoms with van der Waals surface area (Å²) in [6.45, 7) is 6.46. The smallest absolute Gasteiger partial charge is 0.324 e. The molecule has 0 aliphatic heterocycles. The molecule has 1 aliphatic rings. The molecule has 0 aromatic heterocycles. The second-order valence-electron chi connectivity index (χ2n) is 3.23. The molecule has 0 aromatic rings. The third kappa shape index (κ3) is 1.40. The van der Waals surface area contributed by atoms with Crippen LogP contribution in [0.3, 0.4) is 0 Å². The molecule has 0 spiro atoms. The van der Waals surface area contributed by atoms with E-state index in [0.29, 0.717) is 18.6 Å². The van der Waals surface area contributed by atoms with Crippen LogP contribution in [0.15, 0.2) is 12.3 Å². The summed E-state index contributed by atoms with van der Waals surface area (Å²) in [4.78, 5) is 22.3. The van der Waals surface area contributed by atoms with Crippen molar-refractivity contribution in [3.05, 3.63) is 12.3 Å². The monoisotopic (exact) mass is 168 g/mol. The van der Waals surface area contributed by atoms with Crippen molar-refractivity contribution >= 4 is 11.8 Å². The fourth-order valence-electron chi connectivity index (χ4n) is 1.08. The van der Waals surface area contributed by atoms with Crippen molar-refractivity contribution in [2.45, 2.75) is 26.7 Å². The molecular weight excluding hydrogens is 156 g/mol. The molecule has 1 aliphatic carbocycles. The lowest BCUT2D eigenvalue weighted by molar-refractivity contribution is -0.149. The zero-order valence-electron chi connectivity index (χ0n) is 7.35. The van der Waals surface area contributed by atoms with Crippen LogP contribution in [-0.2, 0) is 14.3 Å².